The van der Waals surface area contributed by atoms with E-state index >= 15 is 0 Å². The topological polar surface area (TPSA) is 53.7 Å². The number of rotatable bonds is 4. The molecule has 0 saturated carbocycles. The molecular weight excluding hydrogens is 254 g/mol. The molecule has 20 heavy (non-hydrogen) atoms. The van der Waals surface area contributed by atoms with Gasteiger partial charge in [0, 0.05) is 12.6 Å². The molecule has 1 aliphatic rings. The van der Waals surface area contributed by atoms with Gasteiger partial charge < -0.3 is 19.9 Å². The van der Waals surface area contributed by atoms with Crippen LogP contribution in [0.2, 0.25) is 0 Å². The van der Waals surface area contributed by atoms with Crippen LogP contribution in [0.15, 0.2) is 48.5 Å². The van der Waals surface area contributed by atoms with E-state index in [1.165, 1.54) is 0 Å². The average Bonchev–Trinajstić information content (AvgIpc) is 2.53. The van der Waals surface area contributed by atoms with Crippen LogP contribution in [0.1, 0.15) is 5.56 Å². The Balaban J connectivity index is 1.67. The summed E-state index contributed by atoms with van der Waals surface area (Å²) in [4.78, 5) is 0. The van der Waals surface area contributed by atoms with Crippen molar-refractivity contribution >= 4 is 0 Å². The van der Waals surface area contributed by atoms with Crippen LogP contribution in [0.25, 0.3) is 0 Å². The van der Waals surface area contributed by atoms with Crippen LogP contribution in [0.5, 0.6) is 17.2 Å². The van der Waals surface area contributed by atoms with Crippen LogP contribution >= 0.6 is 0 Å². The Hall–Kier alpha value is -2.20. The Bertz CT molecular complexity index is 571. The number of hydrogen-bond donors (Lipinski definition) is 1. The lowest BCUT2D eigenvalue weighted by Gasteiger charge is -2.25. The van der Waals surface area contributed by atoms with Crippen molar-refractivity contribution in [3.05, 3.63) is 54.1 Å². The summed E-state index contributed by atoms with van der Waals surface area (Å²) in [5.41, 5.74) is 6.70. The van der Waals surface area contributed by atoms with Crippen LogP contribution < -0.4 is 19.9 Å². The van der Waals surface area contributed by atoms with Crippen molar-refractivity contribution in [2.75, 3.05) is 13.2 Å². The molecule has 3 rings (SSSR count). The number of fused-ring (bicyclic) bond motifs is 1. The first-order chi connectivity index (χ1) is 9.85. The highest BCUT2D eigenvalue weighted by atomic mass is 16.6. The summed E-state index contributed by atoms with van der Waals surface area (Å²) < 4.78 is 17.1. The van der Waals surface area contributed by atoms with E-state index in [0.29, 0.717) is 25.5 Å². The molecule has 2 N–H and O–H groups in total. The minimum atomic E-state index is -0.0708. The largest absolute Gasteiger partial charge is 0.489 e. The zero-order valence-corrected chi connectivity index (χ0v) is 11.1. The zero-order chi connectivity index (χ0) is 13.8. The second kappa shape index (κ2) is 5.84. The second-order valence-corrected chi connectivity index (χ2v) is 4.67. The van der Waals surface area contributed by atoms with Gasteiger partial charge in [-0.2, -0.15) is 0 Å². The SMILES string of the molecule is NCC1COc2cc(OCc3ccccc3)ccc2O1. The Morgan fingerprint density at radius 2 is 1.95 bits per heavy atom. The van der Waals surface area contributed by atoms with E-state index in [1.54, 1.807) is 0 Å². The minimum Gasteiger partial charge on any atom is -0.489 e. The van der Waals surface area contributed by atoms with Crippen LogP contribution in [-0.2, 0) is 6.61 Å². The number of nitrogens with two attached hydrogens (primary N) is 1. The van der Waals surface area contributed by atoms with Gasteiger partial charge in [-0.3, -0.25) is 0 Å². The standard InChI is InChI=1S/C16H17NO3/c17-9-14-11-19-16-8-13(6-7-15(16)20-14)18-10-12-4-2-1-3-5-12/h1-8,14H,9-11,17H2. The zero-order valence-electron chi connectivity index (χ0n) is 11.1. The van der Waals surface area contributed by atoms with Gasteiger partial charge in [0.2, 0.25) is 0 Å². The summed E-state index contributed by atoms with van der Waals surface area (Å²) in [5.74, 6) is 2.20. The predicted octanol–water partition coefficient (Wildman–Crippen LogP) is 2.36. The molecule has 0 bridgehead atoms. The van der Waals surface area contributed by atoms with E-state index in [2.05, 4.69) is 0 Å². The van der Waals surface area contributed by atoms with Gasteiger partial charge in [0.15, 0.2) is 11.5 Å². The Morgan fingerprint density at radius 3 is 2.75 bits per heavy atom. The van der Waals surface area contributed by atoms with E-state index in [9.17, 15) is 0 Å². The first kappa shape index (κ1) is 12.8. The van der Waals surface area contributed by atoms with Crippen molar-refractivity contribution < 1.29 is 14.2 Å². The van der Waals surface area contributed by atoms with E-state index in [1.807, 2.05) is 48.5 Å². The lowest BCUT2D eigenvalue weighted by atomic mass is 10.2. The van der Waals surface area contributed by atoms with Crippen LogP contribution in [0.3, 0.4) is 0 Å². The van der Waals surface area contributed by atoms with Crippen molar-refractivity contribution in [1.29, 1.82) is 0 Å². The molecule has 104 valence electrons. The Morgan fingerprint density at radius 1 is 1.10 bits per heavy atom. The molecule has 1 aliphatic heterocycles. The van der Waals surface area contributed by atoms with Crippen molar-refractivity contribution in [2.45, 2.75) is 12.7 Å². The maximum Gasteiger partial charge on any atom is 0.165 e. The summed E-state index contributed by atoms with van der Waals surface area (Å²) in [5, 5.41) is 0. The summed E-state index contributed by atoms with van der Waals surface area (Å²) in [7, 11) is 0. The highest BCUT2D eigenvalue weighted by Gasteiger charge is 2.20. The molecule has 1 unspecified atom stereocenters. The van der Waals surface area contributed by atoms with Gasteiger partial charge in [-0.15, -0.1) is 0 Å². The third-order valence-corrected chi connectivity index (χ3v) is 3.14. The molecule has 0 spiro atoms. The quantitative estimate of drug-likeness (QED) is 0.927. The third-order valence-electron chi connectivity index (χ3n) is 3.14. The van der Waals surface area contributed by atoms with Crippen LogP contribution in [0.4, 0.5) is 0 Å². The molecule has 0 saturated heterocycles. The van der Waals surface area contributed by atoms with Gasteiger partial charge >= 0.3 is 0 Å². The molecular formula is C16H17NO3. The maximum absolute atomic E-state index is 5.75. The maximum atomic E-state index is 5.75. The lowest BCUT2D eigenvalue weighted by Crippen LogP contribution is -2.35. The highest BCUT2D eigenvalue weighted by molar-refractivity contribution is 5.46. The van der Waals surface area contributed by atoms with E-state index < -0.39 is 0 Å². The first-order valence-electron chi connectivity index (χ1n) is 6.65. The van der Waals surface area contributed by atoms with Gasteiger partial charge in [-0.05, 0) is 17.7 Å². The second-order valence-electron chi connectivity index (χ2n) is 4.67. The van der Waals surface area contributed by atoms with Crippen LogP contribution in [0, 0.1) is 0 Å². The lowest BCUT2D eigenvalue weighted by molar-refractivity contribution is 0.0963. The first-order valence-corrected chi connectivity index (χ1v) is 6.65. The molecule has 2 aromatic rings. The summed E-state index contributed by atoms with van der Waals surface area (Å²) >= 11 is 0. The highest BCUT2D eigenvalue weighted by Crippen LogP contribution is 2.35. The van der Waals surface area contributed by atoms with E-state index in [4.69, 9.17) is 19.9 Å². The molecule has 0 amide bonds. The molecule has 0 fully saturated rings. The van der Waals surface area contributed by atoms with E-state index in [-0.39, 0.29) is 6.10 Å². The van der Waals surface area contributed by atoms with Crippen molar-refractivity contribution in [1.82, 2.24) is 0 Å². The monoisotopic (exact) mass is 271 g/mol. The molecule has 0 aliphatic carbocycles. The molecule has 0 aromatic heterocycles. The van der Waals surface area contributed by atoms with Gasteiger partial charge in [0.1, 0.15) is 25.1 Å². The summed E-state index contributed by atoms with van der Waals surface area (Å²) in [6, 6.07) is 15.6. The summed E-state index contributed by atoms with van der Waals surface area (Å²) in [6.45, 7) is 1.46. The molecule has 0 radical (unpaired) electrons. The average molecular weight is 271 g/mol. The fourth-order valence-corrected chi connectivity index (χ4v) is 2.04. The normalized spacial score (nSPS) is 16.8. The Labute approximate surface area is 118 Å². The van der Waals surface area contributed by atoms with Gasteiger partial charge in [0.05, 0.1) is 0 Å². The minimum absolute atomic E-state index is 0.0708. The molecule has 1 atom stereocenters. The number of benzene rings is 2. The van der Waals surface area contributed by atoms with E-state index in [0.717, 1.165) is 17.1 Å². The summed E-state index contributed by atoms with van der Waals surface area (Å²) in [6.07, 6.45) is -0.0708. The van der Waals surface area contributed by atoms with Gasteiger partial charge in [-0.25, -0.2) is 0 Å². The number of ether oxygens (including phenoxy) is 3. The molecule has 4 nitrogen and oxygen atoms in total. The Kier molecular flexibility index (Phi) is 3.74. The van der Waals surface area contributed by atoms with Crippen LogP contribution in [-0.4, -0.2) is 19.3 Å². The predicted molar refractivity (Wildman–Crippen MR) is 76.2 cm³/mol. The fourth-order valence-electron chi connectivity index (χ4n) is 2.04. The van der Waals surface area contributed by atoms with Crippen molar-refractivity contribution in [3.8, 4) is 17.2 Å². The molecule has 1 heterocycles. The van der Waals surface area contributed by atoms with Gasteiger partial charge in [-0.1, -0.05) is 30.3 Å². The molecule has 4 heteroatoms. The molecule has 2 aromatic carbocycles. The smallest absolute Gasteiger partial charge is 0.165 e. The van der Waals surface area contributed by atoms with Gasteiger partial charge in [0.25, 0.3) is 0 Å². The van der Waals surface area contributed by atoms with Crippen molar-refractivity contribution in [3.63, 3.8) is 0 Å². The van der Waals surface area contributed by atoms with Crippen molar-refractivity contribution in [2.24, 2.45) is 5.73 Å². The third kappa shape index (κ3) is 2.86. The fraction of sp³-hybridized carbons (Fsp3) is 0.250. The number of hydrogen-bond acceptors (Lipinski definition) is 4.